The van der Waals surface area contributed by atoms with Crippen LogP contribution < -0.4 is 5.43 Å². The normalized spacial score (nSPS) is 11.1. The fraction of sp³-hybridized carbons (Fsp3) is 0.0455. The minimum absolute atomic E-state index is 0.0330. The summed E-state index contributed by atoms with van der Waals surface area (Å²) in [6, 6.07) is 19.3. The highest BCUT2D eigenvalue weighted by atomic mass is 35.5. The van der Waals surface area contributed by atoms with Gasteiger partial charge >= 0.3 is 0 Å². The number of halogens is 1. The van der Waals surface area contributed by atoms with Crippen molar-refractivity contribution in [3.05, 3.63) is 104 Å². The summed E-state index contributed by atoms with van der Waals surface area (Å²) in [5.74, 6) is 0.391. The number of rotatable bonds is 6. The first-order valence-corrected chi connectivity index (χ1v) is 9.67. The van der Waals surface area contributed by atoms with E-state index in [2.05, 4.69) is 20.5 Å². The van der Waals surface area contributed by atoms with E-state index in [9.17, 15) is 14.9 Å². The van der Waals surface area contributed by atoms with E-state index in [1.165, 1.54) is 18.3 Å². The Balaban J connectivity index is 1.46. The Morgan fingerprint density at radius 3 is 2.74 bits per heavy atom. The number of fused-ring (bicyclic) bond motifs is 1. The average molecular weight is 434 g/mol. The Hall–Kier alpha value is -4.04. The van der Waals surface area contributed by atoms with Gasteiger partial charge in [-0.25, -0.2) is 10.4 Å². The lowest BCUT2D eigenvalue weighted by molar-refractivity contribution is -0.384. The standard InChI is InChI=1S/C22H16ClN5O3/c23-17-8-6-15(10-20(17)28(30)31)13-24-27-22(29)16-7-9-18-19(12-16)26-21(25-18)11-14-4-2-1-3-5-14/h1-10,12-13H,11H2,(H,25,26)(H,27,29)/b24-13-. The van der Waals surface area contributed by atoms with E-state index in [4.69, 9.17) is 11.6 Å². The van der Waals surface area contributed by atoms with E-state index in [1.807, 2.05) is 30.3 Å². The minimum atomic E-state index is -0.579. The summed E-state index contributed by atoms with van der Waals surface area (Å²) in [4.78, 5) is 30.6. The number of aromatic amines is 1. The lowest BCUT2D eigenvalue weighted by atomic mass is 10.1. The molecule has 3 aromatic carbocycles. The zero-order valence-electron chi connectivity index (χ0n) is 16.1. The SMILES string of the molecule is O=C(N/N=C\c1ccc(Cl)c([N+](=O)[O-])c1)c1ccc2nc(Cc3ccccc3)[nH]c2c1. The third-order valence-corrected chi connectivity index (χ3v) is 4.87. The molecule has 2 N–H and O–H groups in total. The number of nitro benzene ring substituents is 1. The monoisotopic (exact) mass is 433 g/mol. The maximum Gasteiger partial charge on any atom is 0.288 e. The lowest BCUT2D eigenvalue weighted by Gasteiger charge is -2.00. The van der Waals surface area contributed by atoms with Crippen molar-refractivity contribution in [2.75, 3.05) is 0 Å². The molecule has 1 amide bonds. The zero-order chi connectivity index (χ0) is 21.8. The van der Waals surface area contributed by atoms with Gasteiger partial charge in [-0.2, -0.15) is 5.10 Å². The highest BCUT2D eigenvalue weighted by Gasteiger charge is 2.12. The molecule has 1 heterocycles. The number of nitrogens with one attached hydrogen (secondary N) is 2. The van der Waals surface area contributed by atoms with Gasteiger partial charge in [-0.15, -0.1) is 0 Å². The van der Waals surface area contributed by atoms with Crippen LogP contribution in [0, 0.1) is 10.1 Å². The maximum atomic E-state index is 12.4. The summed E-state index contributed by atoms with van der Waals surface area (Å²) >= 11 is 5.79. The molecule has 0 radical (unpaired) electrons. The van der Waals surface area contributed by atoms with Crippen molar-refractivity contribution in [1.29, 1.82) is 0 Å². The molecule has 0 aliphatic carbocycles. The van der Waals surface area contributed by atoms with Gasteiger partial charge in [0.15, 0.2) is 0 Å². The number of nitro groups is 1. The summed E-state index contributed by atoms with van der Waals surface area (Å²) in [6.45, 7) is 0. The van der Waals surface area contributed by atoms with Gasteiger partial charge in [0.05, 0.1) is 22.2 Å². The predicted octanol–water partition coefficient (Wildman–Crippen LogP) is 4.48. The van der Waals surface area contributed by atoms with Gasteiger partial charge in [-0.1, -0.05) is 48.0 Å². The molecule has 0 saturated heterocycles. The minimum Gasteiger partial charge on any atom is -0.342 e. The quantitative estimate of drug-likeness (QED) is 0.265. The van der Waals surface area contributed by atoms with E-state index in [0.717, 1.165) is 22.4 Å². The largest absolute Gasteiger partial charge is 0.342 e. The fourth-order valence-corrected chi connectivity index (χ4v) is 3.24. The van der Waals surface area contributed by atoms with Crippen LogP contribution >= 0.6 is 11.6 Å². The zero-order valence-corrected chi connectivity index (χ0v) is 16.8. The maximum absolute atomic E-state index is 12.4. The van der Waals surface area contributed by atoms with Crippen molar-refractivity contribution in [2.24, 2.45) is 5.10 Å². The van der Waals surface area contributed by atoms with Crippen LogP contribution in [0.5, 0.6) is 0 Å². The number of hydrazone groups is 1. The summed E-state index contributed by atoms with van der Waals surface area (Å²) in [5.41, 5.74) is 5.67. The van der Waals surface area contributed by atoms with Crippen LogP contribution in [0.4, 0.5) is 5.69 Å². The average Bonchev–Trinajstić information content (AvgIpc) is 3.16. The Labute approximate surface area is 181 Å². The molecule has 31 heavy (non-hydrogen) atoms. The molecule has 0 aliphatic heterocycles. The van der Waals surface area contributed by atoms with Gasteiger partial charge in [0.25, 0.3) is 11.6 Å². The molecular weight excluding hydrogens is 418 g/mol. The number of imidazole rings is 1. The molecule has 154 valence electrons. The van der Waals surface area contributed by atoms with Crippen LogP contribution in [-0.4, -0.2) is 27.0 Å². The second-order valence-corrected chi connectivity index (χ2v) is 7.15. The number of benzene rings is 3. The molecule has 1 aromatic heterocycles. The molecule has 0 saturated carbocycles. The number of amides is 1. The molecule has 9 heteroatoms. The van der Waals surface area contributed by atoms with Crippen LogP contribution in [-0.2, 0) is 6.42 Å². The number of hydrogen-bond donors (Lipinski definition) is 2. The Kier molecular flexibility index (Phi) is 5.72. The third-order valence-electron chi connectivity index (χ3n) is 4.55. The van der Waals surface area contributed by atoms with Crippen molar-refractivity contribution in [1.82, 2.24) is 15.4 Å². The smallest absolute Gasteiger partial charge is 0.288 e. The van der Waals surface area contributed by atoms with Gasteiger partial charge < -0.3 is 4.98 Å². The first-order chi connectivity index (χ1) is 15.0. The number of aromatic nitrogens is 2. The van der Waals surface area contributed by atoms with E-state index in [1.54, 1.807) is 24.3 Å². The van der Waals surface area contributed by atoms with Crippen LogP contribution in [0.25, 0.3) is 11.0 Å². The van der Waals surface area contributed by atoms with Crippen molar-refractivity contribution >= 4 is 40.4 Å². The first kappa shape index (κ1) is 20.2. The Morgan fingerprint density at radius 2 is 1.97 bits per heavy atom. The second-order valence-electron chi connectivity index (χ2n) is 6.74. The van der Waals surface area contributed by atoms with E-state index in [-0.39, 0.29) is 10.7 Å². The topological polar surface area (TPSA) is 113 Å². The number of H-pyrrole nitrogens is 1. The summed E-state index contributed by atoms with van der Waals surface area (Å²) in [6.07, 6.45) is 1.97. The van der Waals surface area contributed by atoms with E-state index < -0.39 is 10.8 Å². The van der Waals surface area contributed by atoms with Crippen molar-refractivity contribution in [3.8, 4) is 0 Å². The van der Waals surface area contributed by atoms with Gasteiger partial charge in [0, 0.05) is 23.6 Å². The van der Waals surface area contributed by atoms with Crippen LogP contribution in [0.2, 0.25) is 5.02 Å². The Morgan fingerprint density at radius 1 is 1.16 bits per heavy atom. The second kappa shape index (κ2) is 8.76. The van der Waals surface area contributed by atoms with Gasteiger partial charge in [-0.3, -0.25) is 14.9 Å². The first-order valence-electron chi connectivity index (χ1n) is 9.29. The van der Waals surface area contributed by atoms with Gasteiger partial charge in [0.2, 0.25) is 0 Å². The van der Waals surface area contributed by atoms with Crippen molar-refractivity contribution < 1.29 is 9.72 Å². The number of nitrogens with zero attached hydrogens (tertiary/aromatic N) is 3. The summed E-state index contributed by atoms with van der Waals surface area (Å²) in [5, 5.41) is 14.9. The highest BCUT2D eigenvalue weighted by molar-refractivity contribution is 6.32. The molecular formula is C22H16ClN5O3. The van der Waals surface area contributed by atoms with Crippen molar-refractivity contribution in [2.45, 2.75) is 6.42 Å². The molecule has 0 bridgehead atoms. The van der Waals surface area contributed by atoms with Crippen LogP contribution in [0.15, 0.2) is 71.8 Å². The molecule has 0 atom stereocenters. The molecule has 0 aliphatic rings. The molecule has 4 rings (SSSR count). The van der Waals surface area contributed by atoms with Crippen LogP contribution in [0.3, 0.4) is 0 Å². The Bertz CT molecular complexity index is 1300. The van der Waals surface area contributed by atoms with Gasteiger partial charge in [-0.05, 0) is 29.8 Å². The highest BCUT2D eigenvalue weighted by Crippen LogP contribution is 2.24. The third kappa shape index (κ3) is 4.76. The molecule has 0 spiro atoms. The predicted molar refractivity (Wildman–Crippen MR) is 119 cm³/mol. The van der Waals surface area contributed by atoms with Crippen molar-refractivity contribution in [3.63, 3.8) is 0 Å². The number of carbonyl (C=O) groups excluding carboxylic acids is 1. The van der Waals surface area contributed by atoms with E-state index in [0.29, 0.717) is 17.5 Å². The molecule has 8 nitrogen and oxygen atoms in total. The number of carbonyl (C=O) groups is 1. The fourth-order valence-electron chi connectivity index (χ4n) is 3.06. The molecule has 4 aromatic rings. The summed E-state index contributed by atoms with van der Waals surface area (Å²) < 4.78 is 0. The van der Waals surface area contributed by atoms with Gasteiger partial charge in [0.1, 0.15) is 10.8 Å². The lowest BCUT2D eigenvalue weighted by Crippen LogP contribution is -2.17. The van der Waals surface area contributed by atoms with E-state index >= 15 is 0 Å². The molecule has 0 unspecified atom stereocenters. The summed E-state index contributed by atoms with van der Waals surface area (Å²) in [7, 11) is 0. The van der Waals surface area contributed by atoms with Crippen LogP contribution in [0.1, 0.15) is 27.3 Å². The number of hydrogen-bond acceptors (Lipinski definition) is 5. The molecule has 0 fully saturated rings.